The van der Waals surface area contributed by atoms with Gasteiger partial charge in [0.05, 0.1) is 12.1 Å². The predicted molar refractivity (Wildman–Crippen MR) is 102 cm³/mol. The van der Waals surface area contributed by atoms with Gasteiger partial charge in [-0.2, -0.15) is 0 Å². The molecule has 1 aliphatic rings. The minimum atomic E-state index is 0.158. The highest BCUT2D eigenvalue weighted by atomic mass is 32.1. The zero-order valence-corrected chi connectivity index (χ0v) is 16.0. The molecule has 2 aromatic rings. The summed E-state index contributed by atoms with van der Waals surface area (Å²) in [5.41, 5.74) is 1.85. The summed E-state index contributed by atoms with van der Waals surface area (Å²) < 4.78 is 0. The average Bonchev–Trinajstić information content (AvgIpc) is 3.10. The SMILES string of the molecule is CC(C)N1CCC(N(C)C(=O)Cc2csc(-c3cccnc3)n2)CC1. The van der Waals surface area contributed by atoms with Gasteiger partial charge in [-0.15, -0.1) is 11.3 Å². The summed E-state index contributed by atoms with van der Waals surface area (Å²) in [5, 5.41) is 2.90. The van der Waals surface area contributed by atoms with Crippen molar-refractivity contribution in [3.63, 3.8) is 0 Å². The van der Waals surface area contributed by atoms with E-state index in [1.54, 1.807) is 23.7 Å². The number of amides is 1. The zero-order valence-electron chi connectivity index (χ0n) is 15.2. The molecule has 2 aromatic heterocycles. The first-order chi connectivity index (χ1) is 12.0. The number of nitrogens with zero attached hydrogens (tertiary/aromatic N) is 4. The Morgan fingerprint density at radius 1 is 1.40 bits per heavy atom. The maximum Gasteiger partial charge on any atom is 0.228 e. The summed E-state index contributed by atoms with van der Waals surface area (Å²) in [6.45, 7) is 6.61. The molecule has 0 spiro atoms. The van der Waals surface area contributed by atoms with Gasteiger partial charge < -0.3 is 9.80 Å². The number of hydrogen-bond acceptors (Lipinski definition) is 5. The van der Waals surface area contributed by atoms with Crippen LogP contribution in [0.4, 0.5) is 0 Å². The van der Waals surface area contributed by atoms with Crippen LogP contribution in [0.25, 0.3) is 10.6 Å². The lowest BCUT2D eigenvalue weighted by Crippen LogP contribution is -2.47. The molecule has 134 valence electrons. The fourth-order valence-corrected chi connectivity index (χ4v) is 4.09. The highest BCUT2D eigenvalue weighted by Gasteiger charge is 2.26. The molecule has 0 aliphatic carbocycles. The molecule has 0 atom stereocenters. The molecule has 0 saturated carbocycles. The van der Waals surface area contributed by atoms with Gasteiger partial charge in [-0.05, 0) is 38.8 Å². The van der Waals surface area contributed by atoms with Crippen molar-refractivity contribution in [3.8, 4) is 10.6 Å². The lowest BCUT2D eigenvalue weighted by atomic mass is 10.0. The molecule has 6 heteroatoms. The number of thiazole rings is 1. The molecule has 0 radical (unpaired) electrons. The second-order valence-electron chi connectivity index (χ2n) is 6.93. The molecule has 0 aromatic carbocycles. The van der Waals surface area contributed by atoms with Crippen molar-refractivity contribution in [1.29, 1.82) is 0 Å². The number of likely N-dealkylation sites (tertiary alicyclic amines) is 1. The third-order valence-electron chi connectivity index (χ3n) is 4.96. The molecular weight excluding hydrogens is 332 g/mol. The van der Waals surface area contributed by atoms with Crippen molar-refractivity contribution in [3.05, 3.63) is 35.6 Å². The predicted octanol–water partition coefficient (Wildman–Crippen LogP) is 3.08. The number of aromatic nitrogens is 2. The number of carbonyl (C=O) groups excluding carboxylic acids is 1. The molecule has 1 fully saturated rings. The lowest BCUT2D eigenvalue weighted by molar-refractivity contribution is -0.132. The van der Waals surface area contributed by atoms with Crippen LogP contribution in [0, 0.1) is 0 Å². The van der Waals surface area contributed by atoms with E-state index in [0.717, 1.165) is 42.2 Å². The van der Waals surface area contributed by atoms with Crippen molar-refractivity contribution in [1.82, 2.24) is 19.8 Å². The maximum absolute atomic E-state index is 12.6. The first-order valence-electron chi connectivity index (χ1n) is 8.89. The second-order valence-corrected chi connectivity index (χ2v) is 7.79. The second kappa shape index (κ2) is 8.06. The summed E-state index contributed by atoms with van der Waals surface area (Å²) in [6.07, 6.45) is 6.04. The van der Waals surface area contributed by atoms with E-state index >= 15 is 0 Å². The van der Waals surface area contributed by atoms with Gasteiger partial charge in [0.2, 0.25) is 5.91 Å². The topological polar surface area (TPSA) is 49.3 Å². The number of rotatable bonds is 5. The van der Waals surface area contributed by atoms with E-state index in [9.17, 15) is 4.79 Å². The van der Waals surface area contributed by atoms with E-state index in [1.165, 1.54) is 0 Å². The van der Waals surface area contributed by atoms with E-state index in [0.29, 0.717) is 18.5 Å². The monoisotopic (exact) mass is 358 g/mol. The van der Waals surface area contributed by atoms with Gasteiger partial charge in [0.15, 0.2) is 0 Å². The molecule has 0 unspecified atom stereocenters. The number of pyridine rings is 1. The molecule has 5 nitrogen and oxygen atoms in total. The standard InChI is InChI=1S/C19H26N4OS/c1-14(2)23-9-6-17(7-10-23)22(3)18(24)11-16-13-25-19(21-16)15-5-4-8-20-12-15/h4-5,8,12-14,17H,6-7,9-11H2,1-3H3. The summed E-state index contributed by atoms with van der Waals surface area (Å²) >= 11 is 1.57. The van der Waals surface area contributed by atoms with Crippen LogP contribution >= 0.6 is 11.3 Å². The molecule has 25 heavy (non-hydrogen) atoms. The fourth-order valence-electron chi connectivity index (χ4n) is 3.28. The summed E-state index contributed by atoms with van der Waals surface area (Å²) in [7, 11) is 1.94. The molecule has 1 saturated heterocycles. The van der Waals surface area contributed by atoms with Crippen molar-refractivity contribution in [2.45, 2.75) is 45.2 Å². The summed E-state index contributed by atoms with van der Waals surface area (Å²) in [6, 6.07) is 4.83. The third kappa shape index (κ3) is 4.44. The van der Waals surface area contributed by atoms with Crippen molar-refractivity contribution in [2.75, 3.05) is 20.1 Å². The minimum absolute atomic E-state index is 0.158. The van der Waals surface area contributed by atoms with Crippen molar-refractivity contribution >= 4 is 17.2 Å². The zero-order chi connectivity index (χ0) is 17.8. The molecule has 0 bridgehead atoms. The molecule has 3 rings (SSSR count). The Bertz CT molecular complexity index is 692. The van der Waals surface area contributed by atoms with Gasteiger partial charge in [-0.1, -0.05) is 0 Å². The van der Waals surface area contributed by atoms with Crippen molar-refractivity contribution < 1.29 is 4.79 Å². The van der Waals surface area contributed by atoms with E-state index in [-0.39, 0.29) is 5.91 Å². The van der Waals surface area contributed by atoms with Crippen LogP contribution in [0.3, 0.4) is 0 Å². The van der Waals surface area contributed by atoms with Crippen molar-refractivity contribution in [2.24, 2.45) is 0 Å². The Labute approximate surface area is 153 Å². The largest absolute Gasteiger partial charge is 0.342 e. The quantitative estimate of drug-likeness (QED) is 0.824. The average molecular weight is 359 g/mol. The van der Waals surface area contributed by atoms with E-state index in [4.69, 9.17) is 0 Å². The van der Waals surface area contributed by atoms with Gasteiger partial charge in [-0.25, -0.2) is 4.98 Å². The Balaban J connectivity index is 1.56. The fraction of sp³-hybridized carbons (Fsp3) is 0.526. The Hall–Kier alpha value is -1.79. The molecule has 0 N–H and O–H groups in total. The Morgan fingerprint density at radius 2 is 2.16 bits per heavy atom. The Kier molecular flexibility index (Phi) is 5.81. The number of carbonyl (C=O) groups is 1. The van der Waals surface area contributed by atoms with Gasteiger partial charge in [0.1, 0.15) is 5.01 Å². The van der Waals surface area contributed by atoms with Gasteiger partial charge >= 0.3 is 0 Å². The highest BCUT2D eigenvalue weighted by Crippen LogP contribution is 2.23. The third-order valence-corrected chi connectivity index (χ3v) is 5.90. The maximum atomic E-state index is 12.6. The van der Waals surface area contributed by atoms with Crippen LogP contribution in [0.2, 0.25) is 0 Å². The molecule has 3 heterocycles. The van der Waals surface area contributed by atoms with Gasteiger partial charge in [0.25, 0.3) is 0 Å². The minimum Gasteiger partial charge on any atom is -0.342 e. The molecule has 1 amide bonds. The smallest absolute Gasteiger partial charge is 0.228 e. The van der Waals surface area contributed by atoms with Crippen LogP contribution in [0.15, 0.2) is 29.9 Å². The van der Waals surface area contributed by atoms with Crippen LogP contribution in [-0.2, 0) is 11.2 Å². The highest BCUT2D eigenvalue weighted by molar-refractivity contribution is 7.13. The number of piperidine rings is 1. The molecule has 1 aliphatic heterocycles. The number of likely N-dealkylation sites (N-methyl/N-ethyl adjacent to an activating group) is 1. The van der Waals surface area contributed by atoms with Crippen LogP contribution in [0.1, 0.15) is 32.4 Å². The van der Waals surface area contributed by atoms with Crippen LogP contribution < -0.4 is 0 Å². The van der Waals surface area contributed by atoms with E-state index in [2.05, 4.69) is 28.7 Å². The first kappa shape index (κ1) is 18.0. The van der Waals surface area contributed by atoms with Crippen LogP contribution in [0.5, 0.6) is 0 Å². The first-order valence-corrected chi connectivity index (χ1v) is 9.77. The molecular formula is C19H26N4OS. The Morgan fingerprint density at radius 3 is 2.80 bits per heavy atom. The van der Waals surface area contributed by atoms with Gasteiger partial charge in [0, 0.05) is 55.6 Å². The van der Waals surface area contributed by atoms with E-state index in [1.807, 2.05) is 29.5 Å². The van der Waals surface area contributed by atoms with Gasteiger partial charge in [-0.3, -0.25) is 9.78 Å². The van der Waals surface area contributed by atoms with Crippen LogP contribution in [-0.4, -0.2) is 57.9 Å². The normalized spacial score (nSPS) is 16.3. The summed E-state index contributed by atoms with van der Waals surface area (Å²) in [5.74, 6) is 0.158. The lowest BCUT2D eigenvalue weighted by Gasteiger charge is -2.38. The van der Waals surface area contributed by atoms with E-state index < -0.39 is 0 Å². The summed E-state index contributed by atoms with van der Waals surface area (Å²) in [4.78, 5) is 25.8. The number of hydrogen-bond donors (Lipinski definition) is 0.